The summed E-state index contributed by atoms with van der Waals surface area (Å²) in [6.07, 6.45) is 0.680. The van der Waals surface area contributed by atoms with Crippen LogP contribution in [0.3, 0.4) is 0 Å². The minimum atomic E-state index is -4.31. The van der Waals surface area contributed by atoms with Crippen LogP contribution in [-0.4, -0.2) is 30.8 Å². The molecule has 20 heavy (non-hydrogen) atoms. The molecule has 2 aliphatic rings. The molecule has 2 fully saturated rings. The zero-order valence-corrected chi connectivity index (χ0v) is 11.8. The van der Waals surface area contributed by atoms with Crippen molar-refractivity contribution in [3.8, 4) is 0 Å². The fraction of sp³-hybridized carbons (Fsp3) is 0.929. The lowest BCUT2D eigenvalue weighted by atomic mass is 9.73. The Morgan fingerprint density at radius 2 is 2.00 bits per heavy atom. The smallest absolute Gasteiger partial charge is 0.401 e. The first-order chi connectivity index (χ1) is 9.36. The van der Waals surface area contributed by atoms with Crippen molar-refractivity contribution >= 4 is 5.97 Å². The van der Waals surface area contributed by atoms with Gasteiger partial charge in [0, 0.05) is 0 Å². The van der Waals surface area contributed by atoms with Crippen LogP contribution in [0.5, 0.6) is 0 Å². The number of halogens is 3. The van der Waals surface area contributed by atoms with E-state index >= 15 is 0 Å². The molecule has 0 heterocycles. The molecule has 2 atom stereocenters. The maximum atomic E-state index is 12.5. The van der Waals surface area contributed by atoms with Crippen LogP contribution < -0.4 is 5.32 Å². The van der Waals surface area contributed by atoms with Gasteiger partial charge in [-0.3, -0.25) is 10.1 Å². The third-order valence-corrected chi connectivity index (χ3v) is 4.37. The number of carbonyl (C=O) groups excluding carboxylic acids is 1. The van der Waals surface area contributed by atoms with Gasteiger partial charge in [-0.1, -0.05) is 12.8 Å². The first-order valence-corrected chi connectivity index (χ1v) is 7.35. The summed E-state index contributed by atoms with van der Waals surface area (Å²) in [5, 5.41) is 2.47. The van der Waals surface area contributed by atoms with Crippen molar-refractivity contribution < 1.29 is 22.7 Å². The largest absolute Gasteiger partial charge is 0.465 e. The summed E-state index contributed by atoms with van der Waals surface area (Å²) in [7, 11) is 0. The molecule has 2 saturated carbocycles. The van der Waals surface area contributed by atoms with E-state index in [-0.39, 0.29) is 6.61 Å². The van der Waals surface area contributed by atoms with Gasteiger partial charge in [-0.05, 0) is 44.4 Å². The third kappa shape index (κ3) is 3.87. The molecule has 3 nitrogen and oxygen atoms in total. The van der Waals surface area contributed by atoms with Crippen molar-refractivity contribution in [2.75, 3.05) is 13.2 Å². The van der Waals surface area contributed by atoms with Crippen LogP contribution in [0.25, 0.3) is 0 Å². The van der Waals surface area contributed by atoms with Crippen molar-refractivity contribution in [3.63, 3.8) is 0 Å². The van der Waals surface area contributed by atoms with Crippen molar-refractivity contribution in [3.05, 3.63) is 0 Å². The normalized spacial score (nSPS) is 31.1. The van der Waals surface area contributed by atoms with Crippen molar-refractivity contribution in [2.24, 2.45) is 11.8 Å². The number of hydrogen-bond acceptors (Lipinski definition) is 3. The van der Waals surface area contributed by atoms with Crippen LogP contribution in [0.4, 0.5) is 13.2 Å². The first kappa shape index (κ1) is 15.6. The summed E-state index contributed by atoms with van der Waals surface area (Å²) in [4.78, 5) is 12.2. The zero-order chi connectivity index (χ0) is 14.8. The number of hydrogen-bond donors (Lipinski definition) is 1. The SMILES string of the molecule is CCOC(=O)C1(NCC(F)(F)F)CCCC(C2CC2)C1. The number of carbonyl (C=O) groups is 1. The van der Waals surface area contributed by atoms with Gasteiger partial charge >= 0.3 is 12.1 Å². The fourth-order valence-electron chi connectivity index (χ4n) is 3.24. The summed E-state index contributed by atoms with van der Waals surface area (Å²) in [6.45, 7) is 0.738. The lowest BCUT2D eigenvalue weighted by molar-refractivity contribution is -0.158. The lowest BCUT2D eigenvalue weighted by Crippen LogP contribution is -2.58. The van der Waals surface area contributed by atoms with Crippen LogP contribution in [0.2, 0.25) is 0 Å². The van der Waals surface area contributed by atoms with E-state index in [4.69, 9.17) is 4.74 Å². The molecule has 0 aliphatic heterocycles. The minimum absolute atomic E-state index is 0.197. The van der Waals surface area contributed by atoms with E-state index in [9.17, 15) is 18.0 Å². The molecular formula is C14H22F3NO2. The molecule has 2 rings (SSSR count). The molecule has 2 unspecified atom stereocenters. The Morgan fingerprint density at radius 3 is 2.55 bits per heavy atom. The molecule has 1 N–H and O–H groups in total. The van der Waals surface area contributed by atoms with Gasteiger partial charge < -0.3 is 4.74 Å². The van der Waals surface area contributed by atoms with E-state index in [2.05, 4.69) is 5.32 Å². The van der Waals surface area contributed by atoms with Crippen molar-refractivity contribution in [1.82, 2.24) is 5.32 Å². The molecule has 2 aliphatic carbocycles. The second-order valence-electron chi connectivity index (χ2n) is 5.97. The highest BCUT2D eigenvalue weighted by molar-refractivity contribution is 5.81. The van der Waals surface area contributed by atoms with Crippen LogP contribution >= 0.6 is 0 Å². The molecular weight excluding hydrogens is 271 g/mol. The van der Waals surface area contributed by atoms with Gasteiger partial charge in [0.15, 0.2) is 0 Å². The topological polar surface area (TPSA) is 38.3 Å². The Hall–Kier alpha value is -0.780. The Morgan fingerprint density at radius 1 is 1.30 bits per heavy atom. The average Bonchev–Trinajstić information content (AvgIpc) is 3.20. The molecule has 0 amide bonds. The van der Waals surface area contributed by atoms with E-state index in [1.807, 2.05) is 0 Å². The Kier molecular flexibility index (Phi) is 4.62. The Bertz CT molecular complexity index is 355. The predicted molar refractivity (Wildman–Crippen MR) is 68.1 cm³/mol. The average molecular weight is 293 g/mol. The fourth-order valence-corrected chi connectivity index (χ4v) is 3.24. The van der Waals surface area contributed by atoms with E-state index < -0.39 is 24.2 Å². The molecule has 0 aromatic carbocycles. The Balaban J connectivity index is 2.07. The molecule has 116 valence electrons. The summed E-state index contributed by atoms with van der Waals surface area (Å²) in [5.74, 6) is 0.431. The maximum absolute atomic E-state index is 12.5. The third-order valence-electron chi connectivity index (χ3n) is 4.37. The second-order valence-corrected chi connectivity index (χ2v) is 5.97. The quantitative estimate of drug-likeness (QED) is 0.792. The number of ether oxygens (including phenoxy) is 1. The Labute approximate surface area is 117 Å². The molecule has 0 bridgehead atoms. The van der Waals surface area contributed by atoms with E-state index in [1.165, 1.54) is 0 Å². The number of esters is 1. The van der Waals surface area contributed by atoms with E-state index in [1.54, 1.807) is 6.92 Å². The number of alkyl halides is 3. The number of nitrogens with one attached hydrogen (secondary N) is 1. The van der Waals surface area contributed by atoms with Crippen LogP contribution in [0.1, 0.15) is 45.4 Å². The summed E-state index contributed by atoms with van der Waals surface area (Å²) < 4.78 is 42.5. The molecule has 0 aromatic rings. The second kappa shape index (κ2) is 5.92. The van der Waals surface area contributed by atoms with Gasteiger partial charge in [-0.15, -0.1) is 0 Å². The van der Waals surface area contributed by atoms with Gasteiger partial charge in [0.2, 0.25) is 0 Å². The molecule has 0 radical (unpaired) electrons. The van der Waals surface area contributed by atoms with Gasteiger partial charge in [0.25, 0.3) is 0 Å². The van der Waals surface area contributed by atoms with E-state index in [0.717, 1.165) is 25.7 Å². The van der Waals surface area contributed by atoms with Gasteiger partial charge in [-0.2, -0.15) is 13.2 Å². The summed E-state index contributed by atoms with van der Waals surface area (Å²) in [6, 6.07) is 0. The van der Waals surface area contributed by atoms with Crippen molar-refractivity contribution in [2.45, 2.75) is 57.2 Å². The van der Waals surface area contributed by atoms with Gasteiger partial charge in [-0.25, -0.2) is 0 Å². The zero-order valence-electron chi connectivity index (χ0n) is 11.8. The molecule has 0 spiro atoms. The summed E-state index contributed by atoms with van der Waals surface area (Å²) >= 11 is 0. The van der Waals surface area contributed by atoms with Gasteiger partial charge in [0.1, 0.15) is 5.54 Å². The highest BCUT2D eigenvalue weighted by Gasteiger charge is 2.48. The summed E-state index contributed by atoms with van der Waals surface area (Å²) in [5.41, 5.74) is -1.14. The van der Waals surface area contributed by atoms with Crippen molar-refractivity contribution in [1.29, 1.82) is 0 Å². The standard InChI is InChI=1S/C14H22F3NO2/c1-2-20-12(19)13(18-9-14(15,16)17)7-3-4-11(8-13)10-5-6-10/h10-11,18H,2-9H2,1H3. The molecule has 6 heteroatoms. The van der Waals surface area contributed by atoms with E-state index in [0.29, 0.717) is 24.7 Å². The monoisotopic (exact) mass is 293 g/mol. The first-order valence-electron chi connectivity index (χ1n) is 7.35. The van der Waals surface area contributed by atoms with Gasteiger partial charge in [0.05, 0.1) is 13.2 Å². The predicted octanol–water partition coefficient (Wildman–Crippen LogP) is 3.04. The number of rotatable bonds is 5. The van der Waals surface area contributed by atoms with Crippen LogP contribution in [0, 0.1) is 11.8 Å². The lowest BCUT2D eigenvalue weighted by Gasteiger charge is -2.40. The van der Waals surface area contributed by atoms with Crippen LogP contribution in [0.15, 0.2) is 0 Å². The minimum Gasteiger partial charge on any atom is -0.465 e. The maximum Gasteiger partial charge on any atom is 0.401 e. The van der Waals surface area contributed by atoms with Crippen LogP contribution in [-0.2, 0) is 9.53 Å². The molecule has 0 aromatic heterocycles. The highest BCUT2D eigenvalue weighted by Crippen LogP contribution is 2.47. The molecule has 0 saturated heterocycles. The highest BCUT2D eigenvalue weighted by atomic mass is 19.4.